The van der Waals surface area contributed by atoms with Gasteiger partial charge in [-0.05, 0) is 20.3 Å². The number of amides is 2. The van der Waals surface area contributed by atoms with Crippen molar-refractivity contribution in [3.8, 4) is 0 Å². The fraction of sp³-hybridized carbons (Fsp3) is 0.643. The Morgan fingerprint density at radius 2 is 2.10 bits per heavy atom. The molecule has 6 heteroatoms. The van der Waals surface area contributed by atoms with Gasteiger partial charge in [-0.15, -0.1) is 0 Å². The van der Waals surface area contributed by atoms with Crippen molar-refractivity contribution in [3.05, 3.63) is 18.2 Å². The van der Waals surface area contributed by atoms with Gasteiger partial charge in [0.1, 0.15) is 11.4 Å². The van der Waals surface area contributed by atoms with Gasteiger partial charge in [-0.3, -0.25) is 9.59 Å². The molecule has 1 heterocycles. The van der Waals surface area contributed by atoms with Gasteiger partial charge in [0.05, 0.1) is 6.04 Å². The zero-order chi connectivity index (χ0) is 15.3. The van der Waals surface area contributed by atoms with Gasteiger partial charge in [-0.2, -0.15) is 0 Å². The molecule has 0 bridgehead atoms. The number of nitrogens with one attached hydrogen (secondary N) is 2. The van der Waals surface area contributed by atoms with E-state index in [-0.39, 0.29) is 17.9 Å². The first-order chi connectivity index (χ1) is 9.27. The van der Waals surface area contributed by atoms with Gasteiger partial charge < -0.3 is 15.2 Å². The van der Waals surface area contributed by atoms with Gasteiger partial charge >= 0.3 is 0 Å². The van der Waals surface area contributed by atoms with E-state index >= 15 is 0 Å². The minimum Gasteiger partial charge on any atom is -0.344 e. The van der Waals surface area contributed by atoms with E-state index in [1.165, 1.54) is 6.92 Å². The van der Waals surface area contributed by atoms with E-state index < -0.39 is 5.54 Å². The van der Waals surface area contributed by atoms with E-state index in [4.69, 9.17) is 0 Å². The van der Waals surface area contributed by atoms with E-state index in [2.05, 4.69) is 22.5 Å². The Morgan fingerprint density at radius 3 is 2.55 bits per heavy atom. The van der Waals surface area contributed by atoms with Crippen molar-refractivity contribution in [2.75, 3.05) is 0 Å². The van der Waals surface area contributed by atoms with E-state index in [9.17, 15) is 9.59 Å². The summed E-state index contributed by atoms with van der Waals surface area (Å²) in [5.41, 5.74) is -0.941. The minimum absolute atomic E-state index is 0.152. The van der Waals surface area contributed by atoms with Crippen LogP contribution in [0, 0.1) is 0 Å². The lowest BCUT2D eigenvalue weighted by atomic mass is 10.0. The molecule has 0 aliphatic heterocycles. The molecular weight excluding hydrogens is 256 g/mol. The van der Waals surface area contributed by atoms with Crippen LogP contribution in [0.2, 0.25) is 0 Å². The summed E-state index contributed by atoms with van der Waals surface area (Å²) in [6.45, 7) is 6.83. The zero-order valence-corrected chi connectivity index (χ0v) is 12.9. The third-order valence-electron chi connectivity index (χ3n) is 3.11. The highest BCUT2D eigenvalue weighted by Crippen LogP contribution is 2.17. The van der Waals surface area contributed by atoms with Crippen LogP contribution in [0.1, 0.15) is 52.4 Å². The lowest BCUT2D eigenvalue weighted by Crippen LogP contribution is -2.54. The monoisotopic (exact) mass is 280 g/mol. The number of rotatable bonds is 6. The van der Waals surface area contributed by atoms with Crippen molar-refractivity contribution in [2.24, 2.45) is 7.05 Å². The van der Waals surface area contributed by atoms with Crippen LogP contribution >= 0.6 is 0 Å². The van der Waals surface area contributed by atoms with Gasteiger partial charge in [0, 0.05) is 26.4 Å². The molecule has 2 N–H and O–H groups in total. The van der Waals surface area contributed by atoms with Gasteiger partial charge in [0.25, 0.3) is 0 Å². The normalized spacial score (nSPS) is 12.8. The summed E-state index contributed by atoms with van der Waals surface area (Å²) >= 11 is 0. The second-order valence-electron chi connectivity index (χ2n) is 5.52. The average Bonchev–Trinajstić information content (AvgIpc) is 2.73. The first-order valence-corrected chi connectivity index (χ1v) is 6.85. The Labute approximate surface area is 120 Å². The Hall–Kier alpha value is -1.85. The Kier molecular flexibility index (Phi) is 5.30. The Bertz CT molecular complexity index is 479. The quantitative estimate of drug-likeness (QED) is 0.824. The lowest BCUT2D eigenvalue weighted by Gasteiger charge is -2.27. The summed E-state index contributed by atoms with van der Waals surface area (Å²) in [6.07, 6.45) is 5.29. The number of imidazole rings is 1. The zero-order valence-electron chi connectivity index (χ0n) is 12.9. The second-order valence-corrected chi connectivity index (χ2v) is 5.52. The van der Waals surface area contributed by atoms with Crippen LogP contribution in [0.5, 0.6) is 0 Å². The SMILES string of the molecule is CCCC(NC(=O)C(C)(C)NC(C)=O)c1nccn1C. The number of carbonyl (C=O) groups excluding carboxylic acids is 2. The summed E-state index contributed by atoms with van der Waals surface area (Å²) in [7, 11) is 1.90. The number of nitrogens with zero attached hydrogens (tertiary/aromatic N) is 2. The molecular formula is C14H24N4O2. The molecule has 1 rings (SSSR count). The molecule has 1 aromatic heterocycles. The van der Waals surface area contributed by atoms with Crippen LogP contribution < -0.4 is 10.6 Å². The van der Waals surface area contributed by atoms with Crippen molar-refractivity contribution in [1.29, 1.82) is 0 Å². The molecule has 0 aliphatic carbocycles. The summed E-state index contributed by atoms with van der Waals surface area (Å²) in [4.78, 5) is 27.8. The highest BCUT2D eigenvalue weighted by atomic mass is 16.2. The Morgan fingerprint density at radius 1 is 1.45 bits per heavy atom. The van der Waals surface area contributed by atoms with Gasteiger partial charge in [0.2, 0.25) is 11.8 Å². The minimum atomic E-state index is -0.941. The molecule has 0 spiro atoms. The van der Waals surface area contributed by atoms with Crippen molar-refractivity contribution in [1.82, 2.24) is 20.2 Å². The predicted molar refractivity (Wildman–Crippen MR) is 76.9 cm³/mol. The number of hydrogen-bond donors (Lipinski definition) is 2. The predicted octanol–water partition coefficient (Wildman–Crippen LogP) is 1.29. The molecule has 6 nitrogen and oxygen atoms in total. The standard InChI is InChI=1S/C14H24N4O2/c1-6-7-11(12-15-8-9-18(12)5)16-13(20)14(3,4)17-10(2)19/h8-9,11H,6-7H2,1-5H3,(H,16,20)(H,17,19). The lowest BCUT2D eigenvalue weighted by molar-refractivity contribution is -0.132. The first-order valence-electron chi connectivity index (χ1n) is 6.85. The third-order valence-corrected chi connectivity index (χ3v) is 3.11. The maximum atomic E-state index is 12.3. The molecule has 112 valence electrons. The molecule has 1 unspecified atom stereocenters. The topological polar surface area (TPSA) is 76.0 Å². The van der Waals surface area contributed by atoms with Crippen LogP contribution in [0.4, 0.5) is 0 Å². The molecule has 0 radical (unpaired) electrons. The maximum absolute atomic E-state index is 12.3. The van der Waals surface area contributed by atoms with Gasteiger partial charge in [-0.25, -0.2) is 4.98 Å². The van der Waals surface area contributed by atoms with Crippen LogP contribution in [0.15, 0.2) is 12.4 Å². The summed E-state index contributed by atoms with van der Waals surface area (Å²) in [6, 6.07) is -0.152. The van der Waals surface area contributed by atoms with Crippen LogP contribution in [0.3, 0.4) is 0 Å². The Balaban J connectivity index is 2.83. The van der Waals surface area contributed by atoms with Gasteiger partial charge in [-0.1, -0.05) is 13.3 Å². The summed E-state index contributed by atoms with van der Waals surface area (Å²) in [5.74, 6) is 0.377. The molecule has 0 saturated heterocycles. The largest absolute Gasteiger partial charge is 0.344 e. The number of hydrogen-bond acceptors (Lipinski definition) is 3. The van der Waals surface area contributed by atoms with Crippen molar-refractivity contribution in [2.45, 2.75) is 52.1 Å². The van der Waals surface area contributed by atoms with Crippen molar-refractivity contribution in [3.63, 3.8) is 0 Å². The molecule has 0 fully saturated rings. The molecule has 1 aromatic rings. The van der Waals surface area contributed by atoms with E-state index in [0.717, 1.165) is 18.7 Å². The van der Waals surface area contributed by atoms with Crippen LogP contribution in [-0.2, 0) is 16.6 Å². The average molecular weight is 280 g/mol. The summed E-state index contributed by atoms with van der Waals surface area (Å²) in [5, 5.41) is 5.62. The molecule has 0 saturated carbocycles. The van der Waals surface area contributed by atoms with Crippen molar-refractivity contribution >= 4 is 11.8 Å². The molecule has 2 amide bonds. The number of aromatic nitrogens is 2. The second kappa shape index (κ2) is 6.54. The third kappa shape index (κ3) is 4.08. The fourth-order valence-electron chi connectivity index (χ4n) is 2.10. The highest BCUT2D eigenvalue weighted by Gasteiger charge is 2.31. The molecule has 1 atom stereocenters. The van der Waals surface area contributed by atoms with E-state index in [0.29, 0.717) is 0 Å². The molecule has 0 aliphatic rings. The summed E-state index contributed by atoms with van der Waals surface area (Å²) < 4.78 is 1.89. The van der Waals surface area contributed by atoms with E-state index in [1.807, 2.05) is 17.8 Å². The van der Waals surface area contributed by atoms with Crippen molar-refractivity contribution < 1.29 is 9.59 Å². The van der Waals surface area contributed by atoms with Crippen LogP contribution in [-0.4, -0.2) is 26.9 Å². The molecule has 20 heavy (non-hydrogen) atoms. The van der Waals surface area contributed by atoms with E-state index in [1.54, 1.807) is 20.0 Å². The van der Waals surface area contributed by atoms with Gasteiger partial charge in [0.15, 0.2) is 0 Å². The first kappa shape index (κ1) is 16.2. The van der Waals surface area contributed by atoms with Crippen LogP contribution in [0.25, 0.3) is 0 Å². The molecule has 0 aromatic carbocycles. The highest BCUT2D eigenvalue weighted by molar-refractivity contribution is 5.90. The maximum Gasteiger partial charge on any atom is 0.245 e. The number of carbonyl (C=O) groups is 2. The fourth-order valence-corrected chi connectivity index (χ4v) is 2.10. The number of aryl methyl sites for hydroxylation is 1. The smallest absolute Gasteiger partial charge is 0.245 e.